The summed E-state index contributed by atoms with van der Waals surface area (Å²) in [5, 5.41) is 0.467. The van der Waals surface area contributed by atoms with Gasteiger partial charge in [-0.05, 0) is 25.1 Å². The molecule has 1 aromatic carbocycles. The van der Waals surface area contributed by atoms with Gasteiger partial charge in [-0.2, -0.15) is 0 Å². The Balaban J connectivity index is 2.47. The summed E-state index contributed by atoms with van der Waals surface area (Å²) in [5.74, 6) is 0.682. The summed E-state index contributed by atoms with van der Waals surface area (Å²) < 4.78 is 5.32. The molecule has 1 heterocycles. The Morgan fingerprint density at radius 3 is 2.88 bits per heavy atom. The van der Waals surface area contributed by atoms with Crippen molar-refractivity contribution in [3.05, 3.63) is 46.1 Å². The average molecular weight is 251 g/mol. The number of hydrogen-bond donors (Lipinski definition) is 1. The SMILES string of the molecule is CCOc1ccc(-c2cnc[nH]c2=O)c(Cl)c1. The minimum Gasteiger partial charge on any atom is -0.494 e. The zero-order valence-electron chi connectivity index (χ0n) is 9.24. The van der Waals surface area contributed by atoms with E-state index in [1.54, 1.807) is 18.2 Å². The lowest BCUT2D eigenvalue weighted by atomic mass is 10.1. The Bertz CT molecular complexity index is 581. The van der Waals surface area contributed by atoms with Crippen LogP contribution in [0.25, 0.3) is 11.1 Å². The molecule has 0 fully saturated rings. The van der Waals surface area contributed by atoms with Gasteiger partial charge in [0.15, 0.2) is 0 Å². The zero-order valence-corrected chi connectivity index (χ0v) is 9.99. The summed E-state index contributed by atoms with van der Waals surface area (Å²) in [6.07, 6.45) is 2.83. The van der Waals surface area contributed by atoms with Gasteiger partial charge in [0.05, 0.1) is 23.5 Å². The maximum atomic E-state index is 11.6. The molecule has 1 aromatic heterocycles. The molecule has 0 aliphatic carbocycles. The number of halogens is 1. The molecule has 1 N–H and O–H groups in total. The first kappa shape index (κ1) is 11.7. The molecule has 0 aliphatic rings. The van der Waals surface area contributed by atoms with E-state index in [2.05, 4.69) is 9.97 Å². The highest BCUT2D eigenvalue weighted by atomic mass is 35.5. The maximum Gasteiger partial charge on any atom is 0.258 e. The van der Waals surface area contributed by atoms with Crippen molar-refractivity contribution in [2.24, 2.45) is 0 Å². The van der Waals surface area contributed by atoms with Crippen LogP contribution in [0, 0.1) is 0 Å². The molecule has 0 saturated heterocycles. The lowest BCUT2D eigenvalue weighted by Gasteiger charge is -2.06. The molecule has 4 nitrogen and oxygen atoms in total. The third-order valence-electron chi connectivity index (χ3n) is 2.26. The number of nitrogens with zero attached hydrogens (tertiary/aromatic N) is 1. The van der Waals surface area contributed by atoms with Crippen molar-refractivity contribution >= 4 is 11.6 Å². The van der Waals surface area contributed by atoms with E-state index in [1.807, 2.05) is 6.92 Å². The van der Waals surface area contributed by atoms with E-state index in [0.717, 1.165) is 0 Å². The normalized spacial score (nSPS) is 10.2. The largest absolute Gasteiger partial charge is 0.494 e. The highest BCUT2D eigenvalue weighted by Crippen LogP contribution is 2.28. The van der Waals surface area contributed by atoms with Crippen LogP contribution in [-0.4, -0.2) is 16.6 Å². The predicted molar refractivity (Wildman–Crippen MR) is 66.5 cm³/mol. The number of hydrogen-bond acceptors (Lipinski definition) is 3. The molecule has 2 rings (SSSR count). The highest BCUT2D eigenvalue weighted by Gasteiger charge is 2.08. The van der Waals surface area contributed by atoms with E-state index in [1.165, 1.54) is 12.5 Å². The van der Waals surface area contributed by atoms with Crippen LogP contribution in [0.1, 0.15) is 6.92 Å². The molecule has 0 bridgehead atoms. The molecule has 88 valence electrons. The first-order chi connectivity index (χ1) is 8.22. The average Bonchev–Trinajstić information content (AvgIpc) is 2.31. The maximum absolute atomic E-state index is 11.6. The Labute approximate surface area is 103 Å². The van der Waals surface area contributed by atoms with Crippen LogP contribution >= 0.6 is 11.6 Å². The molecule has 17 heavy (non-hydrogen) atoms. The third kappa shape index (κ3) is 2.47. The van der Waals surface area contributed by atoms with Gasteiger partial charge >= 0.3 is 0 Å². The van der Waals surface area contributed by atoms with Crippen molar-refractivity contribution in [1.29, 1.82) is 0 Å². The molecule has 0 aliphatic heterocycles. The van der Waals surface area contributed by atoms with Crippen molar-refractivity contribution in [2.45, 2.75) is 6.92 Å². The minimum absolute atomic E-state index is 0.217. The van der Waals surface area contributed by atoms with Crippen molar-refractivity contribution in [1.82, 2.24) is 9.97 Å². The second-order valence-corrected chi connectivity index (χ2v) is 3.78. The molecule has 2 aromatic rings. The summed E-state index contributed by atoms with van der Waals surface area (Å²) in [5.41, 5.74) is 0.871. The summed E-state index contributed by atoms with van der Waals surface area (Å²) in [6.45, 7) is 2.47. The fourth-order valence-electron chi connectivity index (χ4n) is 1.51. The fraction of sp³-hybridized carbons (Fsp3) is 0.167. The molecule has 0 spiro atoms. The Hall–Kier alpha value is -1.81. The summed E-state index contributed by atoms with van der Waals surface area (Å²) in [4.78, 5) is 18.0. The van der Waals surface area contributed by atoms with Crippen LogP contribution in [0.4, 0.5) is 0 Å². The van der Waals surface area contributed by atoms with Crippen molar-refractivity contribution < 1.29 is 4.74 Å². The Morgan fingerprint density at radius 2 is 2.24 bits per heavy atom. The number of nitrogens with one attached hydrogen (secondary N) is 1. The summed E-state index contributed by atoms with van der Waals surface area (Å²) >= 11 is 6.11. The molecular formula is C12H11ClN2O2. The van der Waals surface area contributed by atoms with Crippen LogP contribution in [-0.2, 0) is 0 Å². The van der Waals surface area contributed by atoms with Crippen LogP contribution in [0.2, 0.25) is 5.02 Å². The van der Waals surface area contributed by atoms with E-state index in [0.29, 0.717) is 28.5 Å². The molecule has 5 heteroatoms. The minimum atomic E-state index is -0.217. The molecule has 0 radical (unpaired) electrons. The summed E-state index contributed by atoms with van der Waals surface area (Å²) in [7, 11) is 0. The van der Waals surface area contributed by atoms with Crippen LogP contribution in [0.5, 0.6) is 5.75 Å². The number of aromatic nitrogens is 2. The molecule has 0 saturated carbocycles. The van der Waals surface area contributed by atoms with Gasteiger partial charge in [-0.3, -0.25) is 4.79 Å². The summed E-state index contributed by atoms with van der Waals surface area (Å²) in [6, 6.07) is 5.21. The first-order valence-corrected chi connectivity index (χ1v) is 5.55. The molecular weight excluding hydrogens is 240 g/mol. The quantitative estimate of drug-likeness (QED) is 0.911. The third-order valence-corrected chi connectivity index (χ3v) is 2.57. The number of H-pyrrole nitrogens is 1. The van der Waals surface area contributed by atoms with E-state index in [-0.39, 0.29) is 5.56 Å². The Kier molecular flexibility index (Phi) is 3.44. The van der Waals surface area contributed by atoms with Crippen molar-refractivity contribution in [3.63, 3.8) is 0 Å². The van der Waals surface area contributed by atoms with Crippen LogP contribution in [0.3, 0.4) is 0 Å². The number of benzene rings is 1. The number of aromatic amines is 1. The predicted octanol–water partition coefficient (Wildman–Crippen LogP) is 2.49. The van der Waals surface area contributed by atoms with Gasteiger partial charge in [-0.25, -0.2) is 4.98 Å². The van der Waals surface area contributed by atoms with Gasteiger partial charge in [-0.1, -0.05) is 11.6 Å². The van der Waals surface area contributed by atoms with Gasteiger partial charge in [0.2, 0.25) is 0 Å². The van der Waals surface area contributed by atoms with Crippen molar-refractivity contribution in [3.8, 4) is 16.9 Å². The lowest BCUT2D eigenvalue weighted by molar-refractivity contribution is 0.340. The van der Waals surface area contributed by atoms with Gasteiger partial charge in [0.1, 0.15) is 5.75 Å². The van der Waals surface area contributed by atoms with E-state index >= 15 is 0 Å². The smallest absolute Gasteiger partial charge is 0.258 e. The molecule has 0 atom stereocenters. The van der Waals surface area contributed by atoms with Crippen LogP contribution < -0.4 is 10.3 Å². The first-order valence-electron chi connectivity index (χ1n) is 5.17. The van der Waals surface area contributed by atoms with Gasteiger partial charge < -0.3 is 9.72 Å². The van der Waals surface area contributed by atoms with Crippen LogP contribution in [0.15, 0.2) is 35.5 Å². The second-order valence-electron chi connectivity index (χ2n) is 3.37. The number of ether oxygens (including phenoxy) is 1. The Morgan fingerprint density at radius 1 is 1.41 bits per heavy atom. The molecule has 0 unspecified atom stereocenters. The standard InChI is InChI=1S/C12H11ClN2O2/c1-2-17-8-3-4-9(11(13)5-8)10-6-14-7-15-12(10)16/h3-7H,2H2,1H3,(H,14,15,16). The van der Waals surface area contributed by atoms with Gasteiger partial charge in [0, 0.05) is 11.8 Å². The van der Waals surface area contributed by atoms with E-state index < -0.39 is 0 Å². The monoisotopic (exact) mass is 250 g/mol. The highest BCUT2D eigenvalue weighted by molar-refractivity contribution is 6.33. The lowest BCUT2D eigenvalue weighted by Crippen LogP contribution is -2.08. The second kappa shape index (κ2) is 5.01. The molecule has 0 amide bonds. The van der Waals surface area contributed by atoms with Gasteiger partial charge in [-0.15, -0.1) is 0 Å². The van der Waals surface area contributed by atoms with E-state index in [9.17, 15) is 4.79 Å². The fourth-order valence-corrected chi connectivity index (χ4v) is 1.78. The topological polar surface area (TPSA) is 55.0 Å². The van der Waals surface area contributed by atoms with E-state index in [4.69, 9.17) is 16.3 Å². The van der Waals surface area contributed by atoms with Crippen molar-refractivity contribution in [2.75, 3.05) is 6.61 Å². The zero-order chi connectivity index (χ0) is 12.3. The number of rotatable bonds is 3. The van der Waals surface area contributed by atoms with Gasteiger partial charge in [0.25, 0.3) is 5.56 Å².